The van der Waals surface area contributed by atoms with Crippen molar-refractivity contribution >= 4 is 5.91 Å². The Morgan fingerprint density at radius 1 is 1.03 bits per heavy atom. The number of carbonyl (C=O) groups excluding carboxylic acids is 1. The van der Waals surface area contributed by atoms with E-state index in [1.54, 1.807) is 0 Å². The summed E-state index contributed by atoms with van der Waals surface area (Å²) in [5, 5.41) is 17.7. The van der Waals surface area contributed by atoms with Gasteiger partial charge in [0.05, 0.1) is 18.2 Å². The van der Waals surface area contributed by atoms with E-state index in [1.807, 2.05) is 41.2 Å². The summed E-state index contributed by atoms with van der Waals surface area (Å²) in [5.41, 5.74) is 4.65. The average molecular weight is 404 g/mol. The Balaban J connectivity index is 1.61. The number of hydrogen-bond acceptors (Lipinski definition) is 3. The third-order valence-corrected chi connectivity index (χ3v) is 5.86. The number of benzene rings is 2. The average Bonchev–Trinajstić information content (AvgIpc) is 3.20. The van der Waals surface area contributed by atoms with Gasteiger partial charge in [0, 0.05) is 17.8 Å². The lowest BCUT2D eigenvalue weighted by Crippen LogP contribution is -2.38. The molecule has 5 nitrogen and oxygen atoms in total. The third kappa shape index (κ3) is 4.79. The van der Waals surface area contributed by atoms with Crippen molar-refractivity contribution < 1.29 is 9.90 Å². The molecule has 0 radical (unpaired) electrons. The van der Waals surface area contributed by atoms with Crippen LogP contribution in [0.15, 0.2) is 60.8 Å². The SMILES string of the molecule is CCc1ccc(-c2nn(Cc3ccccc3)cc2C(=O)NC2CCC(O)CC2)cc1. The van der Waals surface area contributed by atoms with Gasteiger partial charge in [-0.05, 0) is 43.2 Å². The lowest BCUT2D eigenvalue weighted by Gasteiger charge is -2.26. The molecule has 0 atom stereocenters. The molecule has 3 aromatic rings. The monoisotopic (exact) mass is 403 g/mol. The Labute approximate surface area is 177 Å². The summed E-state index contributed by atoms with van der Waals surface area (Å²) in [7, 11) is 0. The van der Waals surface area contributed by atoms with Gasteiger partial charge < -0.3 is 10.4 Å². The molecule has 2 N–H and O–H groups in total. The van der Waals surface area contributed by atoms with Gasteiger partial charge in [0.1, 0.15) is 5.69 Å². The fourth-order valence-electron chi connectivity index (χ4n) is 4.03. The van der Waals surface area contributed by atoms with Gasteiger partial charge in [-0.3, -0.25) is 9.48 Å². The van der Waals surface area contributed by atoms with Crippen LogP contribution in [0.4, 0.5) is 0 Å². The first-order valence-electron chi connectivity index (χ1n) is 10.8. The summed E-state index contributed by atoms with van der Waals surface area (Å²) in [5.74, 6) is -0.0923. The zero-order valence-electron chi connectivity index (χ0n) is 17.4. The van der Waals surface area contributed by atoms with Crippen molar-refractivity contribution in [2.24, 2.45) is 0 Å². The Morgan fingerprint density at radius 2 is 1.73 bits per heavy atom. The summed E-state index contributed by atoms with van der Waals surface area (Å²) in [6.45, 7) is 2.74. The number of carbonyl (C=O) groups is 1. The molecule has 0 spiro atoms. The van der Waals surface area contributed by atoms with Crippen molar-refractivity contribution in [2.75, 3.05) is 0 Å². The second-order valence-electron chi connectivity index (χ2n) is 8.10. The Bertz CT molecular complexity index is 971. The van der Waals surface area contributed by atoms with E-state index in [1.165, 1.54) is 5.56 Å². The van der Waals surface area contributed by atoms with E-state index in [0.29, 0.717) is 17.8 Å². The highest BCUT2D eigenvalue weighted by Crippen LogP contribution is 2.25. The number of nitrogens with zero attached hydrogens (tertiary/aromatic N) is 2. The number of aliphatic hydroxyl groups excluding tert-OH is 1. The normalized spacial score (nSPS) is 18.9. The molecule has 0 aliphatic heterocycles. The molecule has 0 saturated heterocycles. The minimum Gasteiger partial charge on any atom is -0.393 e. The lowest BCUT2D eigenvalue weighted by molar-refractivity contribution is 0.0868. The number of aryl methyl sites for hydroxylation is 1. The topological polar surface area (TPSA) is 67.2 Å². The zero-order valence-corrected chi connectivity index (χ0v) is 17.4. The first-order valence-corrected chi connectivity index (χ1v) is 10.8. The molecule has 0 unspecified atom stereocenters. The maximum atomic E-state index is 13.2. The number of aromatic nitrogens is 2. The van der Waals surface area contributed by atoms with Crippen LogP contribution in [-0.2, 0) is 13.0 Å². The maximum absolute atomic E-state index is 13.2. The fraction of sp³-hybridized carbons (Fsp3) is 0.360. The van der Waals surface area contributed by atoms with Crippen molar-refractivity contribution in [3.8, 4) is 11.3 Å². The van der Waals surface area contributed by atoms with Crippen molar-refractivity contribution in [3.63, 3.8) is 0 Å². The second-order valence-corrected chi connectivity index (χ2v) is 8.10. The molecule has 4 rings (SSSR count). The molecule has 0 bridgehead atoms. The zero-order chi connectivity index (χ0) is 20.9. The predicted molar refractivity (Wildman–Crippen MR) is 118 cm³/mol. The first-order chi connectivity index (χ1) is 14.6. The Hall–Kier alpha value is -2.92. The molecular weight excluding hydrogens is 374 g/mol. The van der Waals surface area contributed by atoms with E-state index >= 15 is 0 Å². The number of aliphatic hydroxyl groups is 1. The molecule has 1 saturated carbocycles. The van der Waals surface area contributed by atoms with Gasteiger partial charge in [-0.25, -0.2) is 0 Å². The fourth-order valence-corrected chi connectivity index (χ4v) is 4.03. The van der Waals surface area contributed by atoms with Crippen molar-refractivity contribution in [1.82, 2.24) is 15.1 Å². The number of amides is 1. The smallest absolute Gasteiger partial charge is 0.255 e. The summed E-state index contributed by atoms with van der Waals surface area (Å²) < 4.78 is 1.85. The van der Waals surface area contributed by atoms with Crippen LogP contribution in [0.5, 0.6) is 0 Å². The standard InChI is InChI=1S/C25H29N3O2/c1-2-18-8-10-20(11-9-18)24-23(25(30)26-21-12-14-22(29)15-13-21)17-28(27-24)16-19-6-4-3-5-7-19/h3-11,17,21-22,29H,2,12-16H2,1H3,(H,26,30). The van der Waals surface area contributed by atoms with E-state index in [-0.39, 0.29) is 18.1 Å². The molecular formula is C25H29N3O2. The van der Waals surface area contributed by atoms with Gasteiger partial charge in [0.25, 0.3) is 5.91 Å². The van der Waals surface area contributed by atoms with Crippen LogP contribution in [-0.4, -0.2) is 32.9 Å². The quantitative estimate of drug-likeness (QED) is 0.648. The molecule has 156 valence electrons. The van der Waals surface area contributed by atoms with Gasteiger partial charge in [0.2, 0.25) is 0 Å². The van der Waals surface area contributed by atoms with E-state index in [9.17, 15) is 9.90 Å². The molecule has 5 heteroatoms. The highest BCUT2D eigenvalue weighted by Gasteiger charge is 2.24. The van der Waals surface area contributed by atoms with Gasteiger partial charge in [-0.2, -0.15) is 5.10 Å². The van der Waals surface area contributed by atoms with Crippen molar-refractivity contribution in [2.45, 2.75) is 57.7 Å². The van der Waals surface area contributed by atoms with Gasteiger partial charge in [-0.1, -0.05) is 61.5 Å². The van der Waals surface area contributed by atoms with Crippen LogP contribution in [0.3, 0.4) is 0 Å². The second kappa shape index (κ2) is 9.26. The van der Waals surface area contributed by atoms with Crippen molar-refractivity contribution in [3.05, 3.63) is 77.5 Å². The third-order valence-electron chi connectivity index (χ3n) is 5.86. The van der Waals surface area contributed by atoms with E-state index < -0.39 is 0 Å². The van der Waals surface area contributed by atoms with Crippen LogP contribution in [0.2, 0.25) is 0 Å². The van der Waals surface area contributed by atoms with Crippen LogP contribution >= 0.6 is 0 Å². The number of nitrogens with one attached hydrogen (secondary N) is 1. The van der Waals surface area contributed by atoms with E-state index in [2.05, 4.69) is 36.5 Å². The Kier molecular flexibility index (Phi) is 6.29. The van der Waals surface area contributed by atoms with Crippen LogP contribution in [0.25, 0.3) is 11.3 Å². The number of rotatable bonds is 6. The molecule has 1 aromatic heterocycles. The van der Waals surface area contributed by atoms with Gasteiger partial charge in [-0.15, -0.1) is 0 Å². The summed E-state index contributed by atoms with van der Waals surface area (Å²) in [6, 6.07) is 18.5. The molecule has 1 heterocycles. The largest absolute Gasteiger partial charge is 0.393 e. The molecule has 1 amide bonds. The first kappa shape index (κ1) is 20.4. The van der Waals surface area contributed by atoms with Crippen LogP contribution in [0.1, 0.15) is 54.1 Å². The highest BCUT2D eigenvalue weighted by atomic mass is 16.3. The molecule has 1 fully saturated rings. The molecule has 30 heavy (non-hydrogen) atoms. The molecule has 1 aliphatic carbocycles. The van der Waals surface area contributed by atoms with Crippen molar-refractivity contribution in [1.29, 1.82) is 0 Å². The van der Waals surface area contributed by atoms with Gasteiger partial charge >= 0.3 is 0 Å². The summed E-state index contributed by atoms with van der Waals surface area (Å²) in [4.78, 5) is 13.2. The Morgan fingerprint density at radius 3 is 2.40 bits per heavy atom. The number of hydrogen-bond donors (Lipinski definition) is 2. The molecule has 2 aromatic carbocycles. The van der Waals surface area contributed by atoms with Crippen LogP contribution in [0, 0.1) is 0 Å². The minimum absolute atomic E-state index is 0.0923. The minimum atomic E-state index is -0.237. The van der Waals surface area contributed by atoms with E-state index in [0.717, 1.165) is 43.2 Å². The summed E-state index contributed by atoms with van der Waals surface area (Å²) >= 11 is 0. The summed E-state index contributed by atoms with van der Waals surface area (Å²) in [6.07, 6.45) is 5.69. The predicted octanol–water partition coefficient (Wildman–Crippen LogP) is 4.19. The van der Waals surface area contributed by atoms with Crippen LogP contribution < -0.4 is 5.32 Å². The maximum Gasteiger partial charge on any atom is 0.255 e. The lowest BCUT2D eigenvalue weighted by atomic mass is 9.93. The highest BCUT2D eigenvalue weighted by molar-refractivity contribution is 6.00. The van der Waals surface area contributed by atoms with Gasteiger partial charge in [0.15, 0.2) is 0 Å². The van der Waals surface area contributed by atoms with E-state index in [4.69, 9.17) is 5.10 Å². The molecule has 1 aliphatic rings.